The fourth-order valence-electron chi connectivity index (χ4n) is 2.27. The highest BCUT2D eigenvalue weighted by atomic mass is 16.2. The van der Waals surface area contributed by atoms with Crippen LogP contribution in [0.2, 0.25) is 0 Å². The molecule has 1 atom stereocenters. The number of amides is 1. The third-order valence-electron chi connectivity index (χ3n) is 3.62. The minimum Gasteiger partial charge on any atom is -0.289 e. The molecule has 1 heterocycles. The molecule has 126 valence electrons. The third kappa shape index (κ3) is 4.70. The molecule has 6 nitrogen and oxygen atoms in total. The Labute approximate surface area is 142 Å². The van der Waals surface area contributed by atoms with E-state index in [1.807, 2.05) is 63.2 Å². The van der Waals surface area contributed by atoms with Crippen molar-refractivity contribution in [2.24, 2.45) is 10.5 Å². The topological polar surface area (TPSA) is 90.2 Å². The molecule has 0 bridgehead atoms. The first-order chi connectivity index (χ1) is 11.4. The number of nitrogens with zero attached hydrogens (tertiary/aromatic N) is 2. The maximum absolute atomic E-state index is 12.1. The van der Waals surface area contributed by atoms with Gasteiger partial charge in [0.15, 0.2) is 6.04 Å². The van der Waals surface area contributed by atoms with Gasteiger partial charge in [-0.05, 0) is 23.1 Å². The van der Waals surface area contributed by atoms with Crippen LogP contribution in [0, 0.1) is 10.9 Å². The van der Waals surface area contributed by atoms with E-state index in [1.165, 1.54) is 0 Å². The normalized spacial score (nSPS) is 12.5. The lowest BCUT2D eigenvalue weighted by Gasteiger charge is -2.24. The molecule has 0 saturated heterocycles. The second kappa shape index (κ2) is 7.79. The summed E-state index contributed by atoms with van der Waals surface area (Å²) in [5, 5.41) is 3.42. The lowest BCUT2D eigenvalue weighted by Crippen LogP contribution is -2.46. The lowest BCUT2D eigenvalue weighted by atomic mass is 9.87. The molecule has 0 aliphatic carbocycles. The summed E-state index contributed by atoms with van der Waals surface area (Å²) in [4.78, 5) is 16.4. The van der Waals surface area contributed by atoms with E-state index in [9.17, 15) is 4.79 Å². The van der Waals surface area contributed by atoms with Gasteiger partial charge in [-0.1, -0.05) is 51.1 Å². The Kier molecular flexibility index (Phi) is 5.76. The van der Waals surface area contributed by atoms with Crippen molar-refractivity contribution in [2.75, 3.05) is 0 Å². The summed E-state index contributed by atoms with van der Waals surface area (Å²) in [6.45, 7) is 6.13. The highest BCUT2D eigenvalue weighted by Crippen LogP contribution is 2.22. The number of hydrogen-bond acceptors (Lipinski definition) is 5. The summed E-state index contributed by atoms with van der Waals surface area (Å²) in [6, 6.07) is 13.1. The van der Waals surface area contributed by atoms with Crippen molar-refractivity contribution in [1.29, 1.82) is 5.53 Å². The van der Waals surface area contributed by atoms with E-state index in [2.05, 4.69) is 20.9 Å². The molecule has 1 aromatic carbocycles. The van der Waals surface area contributed by atoms with Crippen molar-refractivity contribution in [3.63, 3.8) is 0 Å². The fraction of sp³-hybridized carbons (Fsp3) is 0.333. The van der Waals surface area contributed by atoms with Gasteiger partial charge < -0.3 is 0 Å². The summed E-state index contributed by atoms with van der Waals surface area (Å²) in [5.74, 6) is -0.303. The number of nitrogens with one attached hydrogen (secondary N) is 3. The zero-order valence-electron chi connectivity index (χ0n) is 14.2. The minimum atomic E-state index is -0.712. The Bertz CT molecular complexity index is 677. The standard InChI is InChI=1S/C18H23N5O/c1-18(2,3)16(22-19)17(24)23-21-12-13-7-9-14(10-8-13)15-6-4-5-11-20-15/h4-11,16,19,21H,12H2,1-3H3,(H,23,24). The van der Waals surface area contributed by atoms with Gasteiger partial charge in [0.2, 0.25) is 0 Å². The number of carbonyl (C=O) groups is 1. The number of hydrazine groups is 1. The maximum Gasteiger partial charge on any atom is 0.261 e. The number of rotatable bonds is 6. The van der Waals surface area contributed by atoms with Gasteiger partial charge >= 0.3 is 0 Å². The molecule has 6 heteroatoms. The van der Waals surface area contributed by atoms with Crippen LogP contribution in [0.5, 0.6) is 0 Å². The second-order valence-corrected chi connectivity index (χ2v) is 6.65. The summed E-state index contributed by atoms with van der Waals surface area (Å²) >= 11 is 0. The van der Waals surface area contributed by atoms with E-state index in [4.69, 9.17) is 5.53 Å². The summed E-state index contributed by atoms with van der Waals surface area (Å²) in [6.07, 6.45) is 1.77. The molecule has 0 aliphatic rings. The van der Waals surface area contributed by atoms with E-state index in [0.29, 0.717) is 6.54 Å². The van der Waals surface area contributed by atoms with Gasteiger partial charge in [0.25, 0.3) is 5.91 Å². The summed E-state index contributed by atoms with van der Waals surface area (Å²) in [7, 11) is 0. The first kappa shape index (κ1) is 17.7. The molecule has 0 fully saturated rings. The summed E-state index contributed by atoms with van der Waals surface area (Å²) < 4.78 is 0. The van der Waals surface area contributed by atoms with Gasteiger partial charge in [0.05, 0.1) is 5.69 Å². The predicted octanol–water partition coefficient (Wildman–Crippen LogP) is 3.32. The maximum atomic E-state index is 12.1. The zero-order chi connectivity index (χ0) is 17.6. The molecule has 0 aliphatic heterocycles. The van der Waals surface area contributed by atoms with E-state index in [-0.39, 0.29) is 5.91 Å². The van der Waals surface area contributed by atoms with Crippen LogP contribution >= 0.6 is 0 Å². The molecule has 2 rings (SSSR count). The highest BCUT2D eigenvalue weighted by Gasteiger charge is 2.30. The first-order valence-corrected chi connectivity index (χ1v) is 7.81. The Morgan fingerprint density at radius 1 is 1.21 bits per heavy atom. The lowest BCUT2D eigenvalue weighted by molar-refractivity contribution is -0.125. The van der Waals surface area contributed by atoms with Crippen LogP contribution in [0.25, 0.3) is 11.3 Å². The third-order valence-corrected chi connectivity index (χ3v) is 3.62. The monoisotopic (exact) mass is 325 g/mol. The molecule has 0 spiro atoms. The number of carbonyl (C=O) groups excluding carboxylic acids is 1. The van der Waals surface area contributed by atoms with Gasteiger partial charge in [-0.2, -0.15) is 5.11 Å². The predicted molar refractivity (Wildman–Crippen MR) is 93.0 cm³/mol. The van der Waals surface area contributed by atoms with E-state index >= 15 is 0 Å². The van der Waals surface area contributed by atoms with Gasteiger partial charge in [-0.15, -0.1) is 0 Å². The summed E-state index contributed by atoms with van der Waals surface area (Å²) in [5.41, 5.74) is 15.3. The average Bonchev–Trinajstić information content (AvgIpc) is 2.55. The molecule has 24 heavy (non-hydrogen) atoms. The van der Waals surface area contributed by atoms with Gasteiger partial charge in [-0.3, -0.25) is 15.2 Å². The Morgan fingerprint density at radius 3 is 2.46 bits per heavy atom. The van der Waals surface area contributed by atoms with Crippen molar-refractivity contribution >= 4 is 5.91 Å². The van der Waals surface area contributed by atoms with Crippen molar-refractivity contribution in [3.8, 4) is 11.3 Å². The highest BCUT2D eigenvalue weighted by molar-refractivity contribution is 5.82. The van der Waals surface area contributed by atoms with E-state index < -0.39 is 11.5 Å². The molecular formula is C18H23N5O. The molecule has 0 saturated carbocycles. The Hall–Kier alpha value is -2.60. The van der Waals surface area contributed by atoms with Gasteiger partial charge in [0.1, 0.15) is 0 Å². The van der Waals surface area contributed by atoms with Crippen LogP contribution in [-0.2, 0) is 11.3 Å². The minimum absolute atomic E-state index is 0.303. The average molecular weight is 325 g/mol. The molecule has 1 aromatic heterocycles. The van der Waals surface area contributed by atoms with Crippen molar-refractivity contribution in [3.05, 3.63) is 54.2 Å². The van der Waals surface area contributed by atoms with Crippen molar-refractivity contribution in [2.45, 2.75) is 33.4 Å². The van der Waals surface area contributed by atoms with Crippen LogP contribution in [0.1, 0.15) is 26.3 Å². The van der Waals surface area contributed by atoms with Crippen LogP contribution in [0.3, 0.4) is 0 Å². The molecule has 3 N–H and O–H groups in total. The zero-order valence-corrected chi connectivity index (χ0v) is 14.2. The van der Waals surface area contributed by atoms with Gasteiger partial charge in [0, 0.05) is 18.3 Å². The quantitative estimate of drug-likeness (QED) is 0.562. The van der Waals surface area contributed by atoms with Crippen LogP contribution in [0.15, 0.2) is 53.8 Å². The molecule has 0 radical (unpaired) electrons. The van der Waals surface area contributed by atoms with Crippen LogP contribution in [0.4, 0.5) is 0 Å². The number of hydrogen-bond donors (Lipinski definition) is 3. The number of aromatic nitrogens is 1. The molecule has 1 unspecified atom stereocenters. The van der Waals surface area contributed by atoms with Gasteiger partial charge in [-0.25, -0.2) is 11.0 Å². The van der Waals surface area contributed by atoms with Crippen LogP contribution < -0.4 is 10.9 Å². The smallest absolute Gasteiger partial charge is 0.261 e. The van der Waals surface area contributed by atoms with Crippen molar-refractivity contribution < 1.29 is 4.79 Å². The molecular weight excluding hydrogens is 302 g/mol. The Balaban J connectivity index is 1.89. The number of pyridine rings is 1. The van der Waals surface area contributed by atoms with E-state index in [1.54, 1.807) is 6.20 Å². The van der Waals surface area contributed by atoms with Crippen molar-refractivity contribution in [1.82, 2.24) is 15.8 Å². The number of benzene rings is 1. The first-order valence-electron chi connectivity index (χ1n) is 7.81. The largest absolute Gasteiger partial charge is 0.289 e. The Morgan fingerprint density at radius 2 is 1.92 bits per heavy atom. The molecule has 1 amide bonds. The van der Waals surface area contributed by atoms with E-state index in [0.717, 1.165) is 16.8 Å². The fourth-order valence-corrected chi connectivity index (χ4v) is 2.27. The molecule has 2 aromatic rings. The SMILES string of the molecule is CC(C)(C)C(N=N)C(=O)NNCc1ccc(-c2ccccn2)cc1. The second-order valence-electron chi connectivity index (χ2n) is 6.65. The van der Waals surface area contributed by atoms with Crippen LogP contribution in [-0.4, -0.2) is 16.9 Å².